The predicted octanol–water partition coefficient (Wildman–Crippen LogP) is 1.70. The summed E-state index contributed by atoms with van der Waals surface area (Å²) in [5, 5.41) is 12.3. The van der Waals surface area contributed by atoms with Gasteiger partial charge in [0.15, 0.2) is 0 Å². The first-order valence-electron chi connectivity index (χ1n) is 6.58. The van der Waals surface area contributed by atoms with Crippen molar-refractivity contribution in [1.29, 1.82) is 0 Å². The number of carboxylic acid groups (broad SMARTS) is 1. The number of carbonyl (C=O) groups is 1. The minimum absolute atomic E-state index is 0.224. The molecule has 0 saturated carbocycles. The van der Waals surface area contributed by atoms with Gasteiger partial charge in [-0.1, -0.05) is 6.92 Å². The topological polar surface area (TPSA) is 52.6 Å². The van der Waals surface area contributed by atoms with Crippen molar-refractivity contribution in [3.8, 4) is 0 Å². The third kappa shape index (κ3) is 4.28. The molecule has 0 aromatic rings. The van der Waals surface area contributed by atoms with E-state index in [9.17, 15) is 4.79 Å². The third-order valence-electron chi connectivity index (χ3n) is 3.59. The lowest BCUT2D eigenvalue weighted by Crippen LogP contribution is -2.52. The molecule has 1 unspecified atom stereocenters. The molecule has 1 atom stereocenters. The normalized spacial score (nSPS) is 21.4. The van der Waals surface area contributed by atoms with Gasteiger partial charge in [-0.05, 0) is 40.0 Å². The Morgan fingerprint density at radius 2 is 1.94 bits per heavy atom. The van der Waals surface area contributed by atoms with E-state index in [1.54, 1.807) is 0 Å². The monoisotopic (exact) mass is 242 g/mol. The van der Waals surface area contributed by atoms with Crippen molar-refractivity contribution in [1.82, 2.24) is 10.2 Å². The standard InChI is InChI=1S/C13H26N2O2/c1-5-11(12(16)17)14-10-6-8-15(9-7-10)13(2,3)4/h10-11,14H,5-9H2,1-4H3,(H,16,17). The van der Waals surface area contributed by atoms with Gasteiger partial charge in [0.25, 0.3) is 0 Å². The Bertz CT molecular complexity index is 253. The zero-order chi connectivity index (χ0) is 13.1. The van der Waals surface area contributed by atoms with E-state index >= 15 is 0 Å². The summed E-state index contributed by atoms with van der Waals surface area (Å²) in [5.74, 6) is -0.731. The summed E-state index contributed by atoms with van der Waals surface area (Å²) < 4.78 is 0. The molecule has 1 heterocycles. The third-order valence-corrected chi connectivity index (χ3v) is 3.59. The van der Waals surface area contributed by atoms with Crippen molar-refractivity contribution in [3.05, 3.63) is 0 Å². The van der Waals surface area contributed by atoms with Gasteiger partial charge in [-0.3, -0.25) is 9.69 Å². The smallest absolute Gasteiger partial charge is 0.320 e. The van der Waals surface area contributed by atoms with Crippen LogP contribution in [-0.4, -0.2) is 46.7 Å². The number of nitrogens with zero attached hydrogens (tertiary/aromatic N) is 1. The number of likely N-dealkylation sites (tertiary alicyclic amines) is 1. The summed E-state index contributed by atoms with van der Waals surface area (Å²) in [5.41, 5.74) is 0.224. The Morgan fingerprint density at radius 1 is 1.41 bits per heavy atom. The maximum absolute atomic E-state index is 11.0. The van der Waals surface area contributed by atoms with Crippen LogP contribution < -0.4 is 5.32 Å². The Morgan fingerprint density at radius 3 is 2.29 bits per heavy atom. The van der Waals surface area contributed by atoms with E-state index in [0.29, 0.717) is 12.5 Å². The fourth-order valence-electron chi connectivity index (χ4n) is 2.37. The molecule has 4 nitrogen and oxygen atoms in total. The molecule has 0 aliphatic carbocycles. The van der Waals surface area contributed by atoms with E-state index in [2.05, 4.69) is 31.0 Å². The van der Waals surface area contributed by atoms with Gasteiger partial charge in [0.1, 0.15) is 6.04 Å². The van der Waals surface area contributed by atoms with Crippen molar-refractivity contribution in [2.24, 2.45) is 0 Å². The fourth-order valence-corrected chi connectivity index (χ4v) is 2.37. The molecule has 1 aliphatic rings. The first kappa shape index (κ1) is 14.5. The highest BCUT2D eigenvalue weighted by atomic mass is 16.4. The SMILES string of the molecule is CCC(NC1CCN(C(C)(C)C)CC1)C(=O)O. The Labute approximate surface area is 104 Å². The number of hydrogen-bond acceptors (Lipinski definition) is 3. The summed E-state index contributed by atoms with van der Waals surface area (Å²) in [6.07, 6.45) is 2.73. The van der Waals surface area contributed by atoms with Crippen LogP contribution in [-0.2, 0) is 4.79 Å². The van der Waals surface area contributed by atoms with E-state index in [1.807, 2.05) is 6.92 Å². The molecule has 0 spiro atoms. The van der Waals surface area contributed by atoms with E-state index in [-0.39, 0.29) is 11.6 Å². The van der Waals surface area contributed by atoms with E-state index in [4.69, 9.17) is 5.11 Å². The summed E-state index contributed by atoms with van der Waals surface area (Å²) >= 11 is 0. The molecule has 0 bridgehead atoms. The molecule has 1 rings (SSSR count). The zero-order valence-corrected chi connectivity index (χ0v) is 11.5. The van der Waals surface area contributed by atoms with Gasteiger partial charge in [-0.2, -0.15) is 0 Å². The average molecular weight is 242 g/mol. The summed E-state index contributed by atoms with van der Waals surface area (Å²) in [7, 11) is 0. The number of piperidine rings is 1. The Balaban J connectivity index is 2.39. The number of aliphatic carboxylic acids is 1. The van der Waals surface area contributed by atoms with Crippen molar-refractivity contribution in [2.75, 3.05) is 13.1 Å². The Kier molecular flexibility index (Phi) is 4.95. The molecular formula is C13H26N2O2. The van der Waals surface area contributed by atoms with Crippen LogP contribution in [0.1, 0.15) is 47.0 Å². The van der Waals surface area contributed by atoms with E-state index in [1.165, 1.54) is 0 Å². The van der Waals surface area contributed by atoms with Gasteiger partial charge in [-0.15, -0.1) is 0 Å². The molecule has 2 N–H and O–H groups in total. The molecule has 1 aliphatic heterocycles. The molecule has 100 valence electrons. The highest BCUT2D eigenvalue weighted by molar-refractivity contribution is 5.73. The number of hydrogen-bond donors (Lipinski definition) is 2. The summed E-state index contributed by atoms with van der Waals surface area (Å²) in [4.78, 5) is 13.4. The van der Waals surface area contributed by atoms with Gasteiger partial charge < -0.3 is 10.4 Å². The highest BCUT2D eigenvalue weighted by Crippen LogP contribution is 2.20. The van der Waals surface area contributed by atoms with Crippen LogP contribution in [0.4, 0.5) is 0 Å². The second kappa shape index (κ2) is 5.83. The highest BCUT2D eigenvalue weighted by Gasteiger charge is 2.28. The molecule has 0 aromatic heterocycles. The second-order valence-electron chi connectivity index (χ2n) is 5.90. The predicted molar refractivity (Wildman–Crippen MR) is 69.2 cm³/mol. The van der Waals surface area contributed by atoms with Gasteiger partial charge in [-0.25, -0.2) is 0 Å². The van der Waals surface area contributed by atoms with Crippen molar-refractivity contribution < 1.29 is 9.90 Å². The maximum Gasteiger partial charge on any atom is 0.320 e. The molecule has 1 fully saturated rings. The van der Waals surface area contributed by atoms with Gasteiger partial charge >= 0.3 is 5.97 Å². The molecule has 0 aromatic carbocycles. The summed E-state index contributed by atoms with van der Waals surface area (Å²) in [6, 6.07) is -0.0316. The van der Waals surface area contributed by atoms with Crippen LogP contribution in [0.2, 0.25) is 0 Å². The van der Waals surface area contributed by atoms with Crippen molar-refractivity contribution in [3.63, 3.8) is 0 Å². The van der Waals surface area contributed by atoms with E-state index < -0.39 is 5.97 Å². The lowest BCUT2D eigenvalue weighted by Gasteiger charge is -2.41. The van der Waals surface area contributed by atoms with Crippen molar-refractivity contribution in [2.45, 2.75) is 64.6 Å². The van der Waals surface area contributed by atoms with Crippen LogP contribution in [0.5, 0.6) is 0 Å². The maximum atomic E-state index is 11.0. The zero-order valence-electron chi connectivity index (χ0n) is 11.5. The van der Waals surface area contributed by atoms with Crippen LogP contribution in [0, 0.1) is 0 Å². The number of rotatable bonds is 4. The quantitative estimate of drug-likeness (QED) is 0.788. The van der Waals surface area contributed by atoms with Crippen LogP contribution >= 0.6 is 0 Å². The van der Waals surface area contributed by atoms with Crippen molar-refractivity contribution >= 4 is 5.97 Å². The molecule has 1 saturated heterocycles. The molecular weight excluding hydrogens is 216 g/mol. The van der Waals surface area contributed by atoms with E-state index in [0.717, 1.165) is 25.9 Å². The lowest BCUT2D eigenvalue weighted by atomic mass is 9.97. The van der Waals surface area contributed by atoms with Gasteiger partial charge in [0.2, 0.25) is 0 Å². The fraction of sp³-hybridized carbons (Fsp3) is 0.923. The van der Waals surface area contributed by atoms with Crippen LogP contribution in [0.15, 0.2) is 0 Å². The molecule has 17 heavy (non-hydrogen) atoms. The minimum atomic E-state index is -0.731. The average Bonchev–Trinajstić information content (AvgIpc) is 2.25. The minimum Gasteiger partial charge on any atom is -0.480 e. The second-order valence-corrected chi connectivity index (χ2v) is 5.90. The molecule has 0 radical (unpaired) electrons. The largest absolute Gasteiger partial charge is 0.480 e. The first-order valence-corrected chi connectivity index (χ1v) is 6.58. The van der Waals surface area contributed by atoms with Gasteiger partial charge in [0, 0.05) is 24.7 Å². The first-order chi connectivity index (χ1) is 7.84. The summed E-state index contributed by atoms with van der Waals surface area (Å²) in [6.45, 7) is 10.7. The Hall–Kier alpha value is -0.610. The van der Waals surface area contributed by atoms with Crippen LogP contribution in [0.25, 0.3) is 0 Å². The molecule has 4 heteroatoms. The number of nitrogens with one attached hydrogen (secondary N) is 1. The molecule has 0 amide bonds. The van der Waals surface area contributed by atoms with Gasteiger partial charge in [0.05, 0.1) is 0 Å². The lowest BCUT2D eigenvalue weighted by molar-refractivity contribution is -0.139. The number of carboxylic acids is 1. The van der Waals surface area contributed by atoms with Crippen LogP contribution in [0.3, 0.4) is 0 Å².